The lowest BCUT2D eigenvalue weighted by Crippen LogP contribution is -2.33. The molecular formula is C19H16ClN5O4S2. The molecule has 4 rings (SSSR count). The number of aromatic nitrogens is 3. The van der Waals surface area contributed by atoms with E-state index < -0.39 is 22.5 Å². The Labute approximate surface area is 186 Å². The van der Waals surface area contributed by atoms with E-state index in [0.717, 1.165) is 4.70 Å². The molecule has 2 aromatic carbocycles. The highest BCUT2D eigenvalue weighted by Gasteiger charge is 2.20. The lowest BCUT2D eigenvalue weighted by atomic mass is 10.1. The smallest absolute Gasteiger partial charge is 0.241 e. The molecule has 4 aromatic rings. The van der Waals surface area contributed by atoms with Gasteiger partial charge in [0.1, 0.15) is 0 Å². The van der Waals surface area contributed by atoms with Crippen molar-refractivity contribution in [1.29, 1.82) is 0 Å². The number of halogens is 1. The van der Waals surface area contributed by atoms with Crippen LogP contribution in [0.25, 0.3) is 21.6 Å². The van der Waals surface area contributed by atoms with Gasteiger partial charge in [-0.1, -0.05) is 40.2 Å². The van der Waals surface area contributed by atoms with Crippen LogP contribution in [0.4, 0.5) is 5.13 Å². The van der Waals surface area contributed by atoms with Crippen LogP contribution in [0.3, 0.4) is 0 Å². The van der Waals surface area contributed by atoms with Crippen LogP contribution in [0, 0.1) is 13.8 Å². The summed E-state index contributed by atoms with van der Waals surface area (Å²) in [6.07, 6.45) is 0. The van der Waals surface area contributed by atoms with E-state index in [0.29, 0.717) is 32.7 Å². The molecule has 0 radical (unpaired) electrons. The van der Waals surface area contributed by atoms with Crippen LogP contribution in [0.5, 0.6) is 0 Å². The zero-order valence-corrected chi connectivity index (χ0v) is 18.7. The molecule has 9 nitrogen and oxygen atoms in total. The van der Waals surface area contributed by atoms with Gasteiger partial charge in [0.15, 0.2) is 5.13 Å². The molecule has 0 aliphatic carbocycles. The first kappa shape index (κ1) is 21.4. The molecule has 0 fully saturated rings. The molecule has 12 heteroatoms. The molecule has 2 N–H and O–H groups in total. The number of nitrogens with one attached hydrogen (secondary N) is 2. The monoisotopic (exact) mass is 477 g/mol. The third-order valence-corrected chi connectivity index (χ3v) is 6.99. The van der Waals surface area contributed by atoms with Crippen molar-refractivity contribution in [3.05, 3.63) is 52.9 Å². The van der Waals surface area contributed by atoms with Crippen molar-refractivity contribution in [2.24, 2.45) is 0 Å². The van der Waals surface area contributed by atoms with Crippen molar-refractivity contribution in [1.82, 2.24) is 19.8 Å². The SMILES string of the molecule is Cc1nc(-c2ccc(C)c(S(=O)(=O)NCC(=O)Nc3nc4ccc(Cl)cc4s3)c2)no1. The fourth-order valence-corrected chi connectivity index (χ4v) is 5.21. The van der Waals surface area contributed by atoms with Gasteiger partial charge in [-0.05, 0) is 36.8 Å². The summed E-state index contributed by atoms with van der Waals surface area (Å²) in [5, 5.41) is 7.32. The van der Waals surface area contributed by atoms with Crippen LogP contribution < -0.4 is 10.0 Å². The number of carbonyl (C=O) groups excluding carboxylic acids is 1. The predicted octanol–water partition coefficient (Wildman–Crippen LogP) is 3.53. The van der Waals surface area contributed by atoms with Gasteiger partial charge in [-0.3, -0.25) is 4.79 Å². The Morgan fingerprint density at radius 3 is 2.71 bits per heavy atom. The summed E-state index contributed by atoms with van der Waals surface area (Å²) >= 11 is 7.20. The van der Waals surface area contributed by atoms with E-state index in [1.54, 1.807) is 44.2 Å². The van der Waals surface area contributed by atoms with E-state index in [9.17, 15) is 13.2 Å². The number of aryl methyl sites for hydroxylation is 2. The maximum absolute atomic E-state index is 12.8. The van der Waals surface area contributed by atoms with E-state index in [4.69, 9.17) is 16.1 Å². The molecule has 2 heterocycles. The first-order valence-electron chi connectivity index (χ1n) is 8.98. The van der Waals surface area contributed by atoms with Crippen LogP contribution in [0.2, 0.25) is 5.02 Å². The molecule has 0 unspecified atom stereocenters. The summed E-state index contributed by atoms with van der Waals surface area (Å²) in [6.45, 7) is 2.85. The summed E-state index contributed by atoms with van der Waals surface area (Å²) in [4.78, 5) is 20.7. The lowest BCUT2D eigenvalue weighted by molar-refractivity contribution is -0.115. The minimum atomic E-state index is -3.96. The van der Waals surface area contributed by atoms with Gasteiger partial charge in [-0.25, -0.2) is 18.1 Å². The molecule has 0 atom stereocenters. The largest absolute Gasteiger partial charge is 0.339 e. The second kappa shape index (κ2) is 8.35. The Hall–Kier alpha value is -2.86. The zero-order chi connectivity index (χ0) is 22.2. The van der Waals surface area contributed by atoms with Gasteiger partial charge >= 0.3 is 0 Å². The first-order chi connectivity index (χ1) is 14.7. The van der Waals surface area contributed by atoms with Crippen molar-refractivity contribution < 1.29 is 17.7 Å². The van der Waals surface area contributed by atoms with E-state index in [-0.39, 0.29) is 10.7 Å². The Morgan fingerprint density at radius 2 is 1.97 bits per heavy atom. The van der Waals surface area contributed by atoms with Crippen LogP contribution in [-0.2, 0) is 14.8 Å². The van der Waals surface area contributed by atoms with Crippen LogP contribution in [0.15, 0.2) is 45.8 Å². The fourth-order valence-electron chi connectivity index (χ4n) is 2.80. The summed E-state index contributed by atoms with van der Waals surface area (Å²) in [5.41, 5.74) is 1.69. The van der Waals surface area contributed by atoms with E-state index in [1.165, 1.54) is 17.4 Å². The average molecular weight is 478 g/mol. The van der Waals surface area contributed by atoms with Gasteiger partial charge in [-0.2, -0.15) is 4.98 Å². The van der Waals surface area contributed by atoms with Gasteiger partial charge in [0.2, 0.25) is 27.6 Å². The zero-order valence-electron chi connectivity index (χ0n) is 16.3. The normalized spacial score (nSPS) is 11.7. The minimum Gasteiger partial charge on any atom is -0.339 e. The number of amides is 1. The van der Waals surface area contributed by atoms with Gasteiger partial charge < -0.3 is 9.84 Å². The van der Waals surface area contributed by atoms with Crippen LogP contribution >= 0.6 is 22.9 Å². The van der Waals surface area contributed by atoms with Crippen molar-refractivity contribution in [2.45, 2.75) is 18.7 Å². The number of sulfonamides is 1. The Kier molecular flexibility index (Phi) is 5.75. The number of thiazole rings is 1. The third-order valence-electron chi connectivity index (χ3n) is 4.28. The van der Waals surface area contributed by atoms with Crippen LogP contribution in [-0.4, -0.2) is 36.0 Å². The predicted molar refractivity (Wildman–Crippen MR) is 118 cm³/mol. The fraction of sp³-hybridized carbons (Fsp3) is 0.158. The van der Waals surface area contributed by atoms with Gasteiger partial charge in [0.25, 0.3) is 0 Å². The van der Waals surface area contributed by atoms with Crippen molar-refractivity contribution in [2.75, 3.05) is 11.9 Å². The highest BCUT2D eigenvalue weighted by molar-refractivity contribution is 7.89. The number of fused-ring (bicyclic) bond motifs is 1. The molecule has 31 heavy (non-hydrogen) atoms. The number of anilines is 1. The molecule has 0 aliphatic rings. The number of benzene rings is 2. The molecule has 0 aliphatic heterocycles. The molecule has 0 saturated heterocycles. The minimum absolute atomic E-state index is 0.0230. The van der Waals surface area contributed by atoms with E-state index >= 15 is 0 Å². The van der Waals surface area contributed by atoms with E-state index in [1.807, 2.05) is 0 Å². The summed E-state index contributed by atoms with van der Waals surface area (Å²) in [7, 11) is -3.96. The van der Waals surface area contributed by atoms with Gasteiger partial charge in [0, 0.05) is 17.5 Å². The number of rotatable bonds is 6. The number of nitrogens with zero attached hydrogens (tertiary/aromatic N) is 3. The summed E-state index contributed by atoms with van der Waals surface area (Å²) in [6, 6.07) is 9.97. The molecule has 0 bridgehead atoms. The second-order valence-corrected chi connectivity index (χ2v) is 9.82. The maximum Gasteiger partial charge on any atom is 0.241 e. The number of hydrogen-bond acceptors (Lipinski definition) is 8. The first-order valence-corrected chi connectivity index (χ1v) is 11.7. The third kappa shape index (κ3) is 4.74. The summed E-state index contributed by atoms with van der Waals surface area (Å²) < 4.78 is 33.7. The van der Waals surface area contributed by atoms with Crippen molar-refractivity contribution in [3.63, 3.8) is 0 Å². The molecule has 0 saturated carbocycles. The second-order valence-electron chi connectivity index (χ2n) is 6.62. The van der Waals surface area contributed by atoms with Crippen molar-refractivity contribution >= 4 is 54.2 Å². The molecular weight excluding hydrogens is 462 g/mol. The lowest BCUT2D eigenvalue weighted by Gasteiger charge is -2.10. The average Bonchev–Trinajstić information content (AvgIpc) is 3.32. The Balaban J connectivity index is 1.47. The standard InChI is InChI=1S/C19H16ClN5O4S2/c1-10-3-4-12(18-22-11(2)29-25-18)7-16(10)31(27,28)21-9-17(26)24-19-23-14-6-5-13(20)8-15(14)30-19/h3-8,21H,9H2,1-2H3,(H,23,24,26). The highest BCUT2D eigenvalue weighted by Crippen LogP contribution is 2.28. The number of carbonyl (C=O) groups is 1. The highest BCUT2D eigenvalue weighted by atomic mass is 35.5. The maximum atomic E-state index is 12.8. The van der Waals surface area contributed by atoms with Crippen LogP contribution in [0.1, 0.15) is 11.5 Å². The molecule has 1 amide bonds. The number of hydrogen-bond donors (Lipinski definition) is 2. The topological polar surface area (TPSA) is 127 Å². The molecule has 2 aromatic heterocycles. The quantitative estimate of drug-likeness (QED) is 0.434. The van der Waals surface area contributed by atoms with Gasteiger partial charge in [0.05, 0.1) is 21.7 Å². The summed E-state index contributed by atoms with van der Waals surface area (Å²) in [5.74, 6) is 0.103. The molecule has 160 valence electrons. The van der Waals surface area contributed by atoms with Crippen molar-refractivity contribution in [3.8, 4) is 11.4 Å². The molecule has 0 spiro atoms. The van der Waals surface area contributed by atoms with Gasteiger partial charge in [-0.15, -0.1) is 0 Å². The Bertz CT molecular complexity index is 1400. The Morgan fingerprint density at radius 1 is 1.16 bits per heavy atom. The van der Waals surface area contributed by atoms with E-state index in [2.05, 4.69) is 25.2 Å².